The summed E-state index contributed by atoms with van der Waals surface area (Å²) in [7, 11) is 1.96. The average molecular weight is 401 g/mol. The number of fused-ring (bicyclic) bond motifs is 1. The van der Waals surface area contributed by atoms with Gasteiger partial charge in [0.1, 0.15) is 11.5 Å². The van der Waals surface area contributed by atoms with Gasteiger partial charge in [-0.2, -0.15) is 5.10 Å². The summed E-state index contributed by atoms with van der Waals surface area (Å²) < 4.78 is 1.96. The zero-order valence-corrected chi connectivity index (χ0v) is 17.0. The lowest BCUT2D eigenvalue weighted by atomic mass is 9.95. The van der Waals surface area contributed by atoms with Gasteiger partial charge in [0.15, 0.2) is 11.5 Å². The molecule has 30 heavy (non-hydrogen) atoms. The Kier molecular flexibility index (Phi) is 4.54. The number of nitrogens with one attached hydrogen (secondary N) is 1. The molecule has 0 atom stereocenters. The van der Waals surface area contributed by atoms with Crippen LogP contribution in [0.1, 0.15) is 40.8 Å². The third kappa shape index (κ3) is 3.24. The van der Waals surface area contributed by atoms with E-state index >= 15 is 0 Å². The highest BCUT2D eigenvalue weighted by Gasteiger charge is 2.28. The van der Waals surface area contributed by atoms with Gasteiger partial charge in [0, 0.05) is 49.5 Å². The lowest BCUT2D eigenvalue weighted by molar-refractivity contribution is 0.0707. The molecule has 0 radical (unpaired) electrons. The minimum Gasteiger partial charge on any atom is -0.337 e. The number of aryl methyl sites for hydroxylation is 2. The Hall–Kier alpha value is -3.55. The highest BCUT2D eigenvalue weighted by atomic mass is 16.2. The quantitative estimate of drug-likeness (QED) is 0.569. The third-order valence-electron chi connectivity index (χ3n) is 5.74. The molecule has 0 aliphatic carbocycles. The number of nitrogens with zero attached hydrogens (tertiary/aromatic N) is 6. The number of carbonyl (C=O) groups is 1. The van der Waals surface area contributed by atoms with Gasteiger partial charge in [-0.05, 0) is 31.9 Å². The van der Waals surface area contributed by atoms with E-state index in [9.17, 15) is 4.79 Å². The number of imidazole rings is 1. The summed E-state index contributed by atoms with van der Waals surface area (Å²) in [6.07, 6.45) is 5.35. The molecule has 1 aliphatic heterocycles. The van der Waals surface area contributed by atoms with Crippen molar-refractivity contribution in [1.29, 1.82) is 0 Å². The molecule has 0 spiro atoms. The van der Waals surface area contributed by atoms with E-state index in [4.69, 9.17) is 4.98 Å². The molecule has 1 saturated heterocycles. The van der Waals surface area contributed by atoms with Crippen LogP contribution in [0.5, 0.6) is 0 Å². The van der Waals surface area contributed by atoms with Crippen molar-refractivity contribution in [3.05, 3.63) is 59.9 Å². The van der Waals surface area contributed by atoms with Crippen molar-refractivity contribution in [3.63, 3.8) is 0 Å². The number of likely N-dealkylation sites (tertiary alicyclic amines) is 1. The van der Waals surface area contributed by atoms with Crippen LogP contribution in [0.3, 0.4) is 0 Å². The van der Waals surface area contributed by atoms with Gasteiger partial charge in [0.05, 0.1) is 5.52 Å². The molecule has 1 N–H and O–H groups in total. The van der Waals surface area contributed by atoms with Crippen LogP contribution in [0.15, 0.2) is 42.7 Å². The van der Waals surface area contributed by atoms with Gasteiger partial charge in [-0.15, -0.1) is 0 Å². The molecule has 0 bridgehead atoms. The molecule has 1 amide bonds. The number of carbonyl (C=O) groups excluding carboxylic acids is 1. The van der Waals surface area contributed by atoms with Crippen molar-refractivity contribution in [2.75, 3.05) is 13.1 Å². The largest absolute Gasteiger partial charge is 0.337 e. The summed E-state index contributed by atoms with van der Waals surface area (Å²) in [4.78, 5) is 28.8. The van der Waals surface area contributed by atoms with Crippen molar-refractivity contribution in [2.24, 2.45) is 7.05 Å². The molecule has 8 nitrogen and oxygen atoms in total. The first-order valence-electron chi connectivity index (χ1n) is 10.2. The van der Waals surface area contributed by atoms with Crippen LogP contribution in [-0.2, 0) is 7.05 Å². The van der Waals surface area contributed by atoms with Crippen LogP contribution in [0.4, 0.5) is 0 Å². The Morgan fingerprint density at radius 1 is 1.17 bits per heavy atom. The second kappa shape index (κ2) is 7.37. The SMILES string of the molecule is Cc1cc(-c2nccn2C)nc(C2CCN(C(=O)c3n[nH]c4ccccc34)CC2)n1. The van der Waals surface area contributed by atoms with E-state index in [1.807, 2.05) is 60.0 Å². The molecule has 4 heterocycles. The summed E-state index contributed by atoms with van der Waals surface area (Å²) >= 11 is 0. The first-order valence-corrected chi connectivity index (χ1v) is 10.2. The van der Waals surface area contributed by atoms with Crippen LogP contribution in [0.2, 0.25) is 0 Å². The molecule has 3 aromatic heterocycles. The number of benzene rings is 1. The summed E-state index contributed by atoms with van der Waals surface area (Å²) in [5.41, 5.74) is 3.14. The molecule has 0 unspecified atom stereocenters. The monoisotopic (exact) mass is 401 g/mol. The van der Waals surface area contributed by atoms with Crippen LogP contribution >= 0.6 is 0 Å². The Labute approximate surface area is 174 Å². The van der Waals surface area contributed by atoms with Gasteiger partial charge in [-0.25, -0.2) is 15.0 Å². The molecule has 5 rings (SSSR count). The summed E-state index contributed by atoms with van der Waals surface area (Å²) in [6.45, 7) is 3.32. The van der Waals surface area contributed by atoms with Crippen molar-refractivity contribution in [3.8, 4) is 11.5 Å². The van der Waals surface area contributed by atoms with Crippen molar-refractivity contribution < 1.29 is 4.79 Å². The van der Waals surface area contributed by atoms with Gasteiger partial charge in [0.25, 0.3) is 5.91 Å². The molecule has 1 aliphatic rings. The predicted molar refractivity (Wildman–Crippen MR) is 113 cm³/mol. The van der Waals surface area contributed by atoms with Crippen LogP contribution in [0.25, 0.3) is 22.4 Å². The fraction of sp³-hybridized carbons (Fsp3) is 0.318. The van der Waals surface area contributed by atoms with Gasteiger partial charge < -0.3 is 9.47 Å². The normalized spacial score (nSPS) is 15.1. The number of hydrogen-bond donors (Lipinski definition) is 1. The zero-order valence-electron chi connectivity index (χ0n) is 17.0. The lowest BCUT2D eigenvalue weighted by Crippen LogP contribution is -2.38. The van der Waals surface area contributed by atoms with Crippen molar-refractivity contribution >= 4 is 16.8 Å². The van der Waals surface area contributed by atoms with Crippen LogP contribution in [0, 0.1) is 6.92 Å². The summed E-state index contributed by atoms with van der Waals surface area (Å²) in [5.74, 6) is 1.87. The van der Waals surface area contributed by atoms with Gasteiger partial charge in [-0.1, -0.05) is 18.2 Å². The standard InChI is InChI=1S/C22H23N7O/c1-14-13-18(21-23-9-12-28(21)2)25-20(24-14)15-7-10-29(11-8-15)22(30)19-16-5-3-4-6-17(16)26-27-19/h3-6,9,12-13,15H,7-8,10-11H2,1-2H3,(H,26,27). The first-order chi connectivity index (χ1) is 14.6. The van der Waals surface area contributed by atoms with Crippen LogP contribution in [-0.4, -0.2) is 53.6 Å². The highest BCUT2D eigenvalue weighted by Crippen LogP contribution is 2.29. The highest BCUT2D eigenvalue weighted by molar-refractivity contribution is 6.04. The van der Waals surface area contributed by atoms with Crippen molar-refractivity contribution in [2.45, 2.75) is 25.7 Å². The molecular formula is C22H23N7O. The molecule has 4 aromatic rings. The Morgan fingerprint density at radius 3 is 2.73 bits per heavy atom. The Morgan fingerprint density at radius 2 is 1.97 bits per heavy atom. The second-order valence-electron chi connectivity index (χ2n) is 7.80. The molecule has 1 aromatic carbocycles. The number of amides is 1. The number of rotatable bonds is 3. The number of aromatic amines is 1. The van der Waals surface area contributed by atoms with E-state index in [1.165, 1.54) is 0 Å². The second-order valence-corrected chi connectivity index (χ2v) is 7.80. The smallest absolute Gasteiger partial charge is 0.274 e. The van der Waals surface area contributed by atoms with E-state index < -0.39 is 0 Å². The molecule has 8 heteroatoms. The lowest BCUT2D eigenvalue weighted by Gasteiger charge is -2.31. The molecule has 152 valence electrons. The van der Waals surface area contributed by atoms with E-state index in [-0.39, 0.29) is 11.8 Å². The zero-order chi connectivity index (χ0) is 20.7. The molecular weight excluding hydrogens is 378 g/mol. The van der Waals surface area contributed by atoms with Crippen molar-refractivity contribution in [1.82, 2.24) is 34.6 Å². The summed E-state index contributed by atoms with van der Waals surface area (Å²) in [5, 5.41) is 8.07. The van der Waals surface area contributed by atoms with Crippen LogP contribution < -0.4 is 0 Å². The molecule has 1 fully saturated rings. The number of hydrogen-bond acceptors (Lipinski definition) is 5. The minimum absolute atomic E-state index is 0.0234. The first kappa shape index (κ1) is 18.5. The average Bonchev–Trinajstić information content (AvgIpc) is 3.39. The summed E-state index contributed by atoms with van der Waals surface area (Å²) in [6, 6.07) is 9.68. The van der Waals surface area contributed by atoms with Gasteiger partial charge >= 0.3 is 0 Å². The maximum atomic E-state index is 13.0. The Bertz CT molecular complexity index is 1220. The number of piperidine rings is 1. The fourth-order valence-corrected chi connectivity index (χ4v) is 4.12. The minimum atomic E-state index is -0.0234. The van der Waals surface area contributed by atoms with E-state index in [0.29, 0.717) is 18.8 Å². The Balaban J connectivity index is 1.33. The number of aromatic nitrogens is 6. The van der Waals surface area contributed by atoms with Gasteiger partial charge in [0.2, 0.25) is 0 Å². The predicted octanol–water partition coefficient (Wildman–Crippen LogP) is 3.08. The van der Waals surface area contributed by atoms with E-state index in [0.717, 1.165) is 46.8 Å². The molecule has 0 saturated carbocycles. The number of H-pyrrole nitrogens is 1. The maximum Gasteiger partial charge on any atom is 0.274 e. The maximum absolute atomic E-state index is 13.0. The van der Waals surface area contributed by atoms with E-state index in [2.05, 4.69) is 20.2 Å². The topological polar surface area (TPSA) is 92.6 Å². The van der Waals surface area contributed by atoms with Gasteiger partial charge in [-0.3, -0.25) is 9.89 Å². The third-order valence-corrected chi connectivity index (χ3v) is 5.74. The fourth-order valence-electron chi connectivity index (χ4n) is 4.12. The number of para-hydroxylation sites is 1. The van der Waals surface area contributed by atoms with E-state index in [1.54, 1.807) is 6.20 Å².